The van der Waals surface area contributed by atoms with Gasteiger partial charge < -0.3 is 5.32 Å². The second-order valence-corrected chi connectivity index (χ2v) is 6.41. The molecule has 4 heteroatoms. The summed E-state index contributed by atoms with van der Waals surface area (Å²) in [6.07, 6.45) is 0. The van der Waals surface area contributed by atoms with Gasteiger partial charge in [0.05, 0.1) is 11.8 Å². The predicted octanol–water partition coefficient (Wildman–Crippen LogP) is 4.42. The Kier molecular flexibility index (Phi) is 5.68. The first-order valence-corrected chi connectivity index (χ1v) is 8.15. The highest BCUT2D eigenvalue weighted by Crippen LogP contribution is 2.20. The van der Waals surface area contributed by atoms with Gasteiger partial charge in [-0.25, -0.2) is 0 Å². The molecule has 0 aliphatic carbocycles. The van der Waals surface area contributed by atoms with E-state index in [1.54, 1.807) is 11.8 Å². The fourth-order valence-electron chi connectivity index (χ4n) is 1.79. The van der Waals surface area contributed by atoms with Crippen LogP contribution < -0.4 is 5.32 Å². The molecule has 0 saturated carbocycles. The zero-order valence-electron chi connectivity index (χ0n) is 11.2. The van der Waals surface area contributed by atoms with Crippen LogP contribution in [0, 0.1) is 0 Å². The molecule has 2 nitrogen and oxygen atoms in total. The van der Waals surface area contributed by atoms with Crippen molar-refractivity contribution < 1.29 is 4.79 Å². The second-order valence-electron chi connectivity index (χ2n) is 4.44. The molecule has 104 valence electrons. The maximum absolute atomic E-state index is 11.9. The standard InChI is InChI=1S/C16H16BrNOS/c1-12(13-5-3-2-4-6-13)18-16(19)11-20-15-9-7-14(17)8-10-15/h2-10,12H,11H2,1H3,(H,18,19)/t12-/m0/s1. The van der Waals surface area contributed by atoms with Crippen molar-refractivity contribution in [2.24, 2.45) is 0 Å². The minimum absolute atomic E-state index is 0.0363. The smallest absolute Gasteiger partial charge is 0.230 e. The molecule has 0 heterocycles. The van der Waals surface area contributed by atoms with Gasteiger partial charge in [-0.2, -0.15) is 0 Å². The highest BCUT2D eigenvalue weighted by atomic mass is 79.9. The summed E-state index contributed by atoms with van der Waals surface area (Å²) in [5.74, 6) is 0.480. The van der Waals surface area contributed by atoms with Crippen LogP contribution in [0.5, 0.6) is 0 Å². The summed E-state index contributed by atoms with van der Waals surface area (Å²) in [6, 6.07) is 18.0. The largest absolute Gasteiger partial charge is 0.349 e. The normalized spacial score (nSPS) is 11.9. The van der Waals surface area contributed by atoms with Crippen LogP contribution >= 0.6 is 27.7 Å². The number of amides is 1. The van der Waals surface area contributed by atoms with Gasteiger partial charge in [0.1, 0.15) is 0 Å². The zero-order valence-corrected chi connectivity index (χ0v) is 13.6. The monoisotopic (exact) mass is 349 g/mol. The van der Waals surface area contributed by atoms with Gasteiger partial charge in [0, 0.05) is 9.37 Å². The average molecular weight is 350 g/mol. The van der Waals surface area contributed by atoms with Crippen molar-refractivity contribution in [3.05, 3.63) is 64.6 Å². The molecule has 1 atom stereocenters. The van der Waals surface area contributed by atoms with Crippen molar-refractivity contribution in [1.29, 1.82) is 0 Å². The second kappa shape index (κ2) is 7.50. The van der Waals surface area contributed by atoms with E-state index in [9.17, 15) is 4.79 Å². The molecule has 0 spiro atoms. The van der Waals surface area contributed by atoms with Gasteiger partial charge in [0.25, 0.3) is 0 Å². The number of nitrogens with one attached hydrogen (secondary N) is 1. The molecule has 0 saturated heterocycles. The fraction of sp³-hybridized carbons (Fsp3) is 0.188. The van der Waals surface area contributed by atoms with Crippen LogP contribution in [0.2, 0.25) is 0 Å². The molecule has 1 amide bonds. The Bertz CT molecular complexity index is 556. The van der Waals surface area contributed by atoms with Gasteiger partial charge in [0.15, 0.2) is 0 Å². The molecule has 0 unspecified atom stereocenters. The average Bonchev–Trinajstić information content (AvgIpc) is 2.47. The molecular weight excluding hydrogens is 334 g/mol. The van der Waals surface area contributed by atoms with Crippen LogP contribution in [0.25, 0.3) is 0 Å². The topological polar surface area (TPSA) is 29.1 Å². The Morgan fingerprint density at radius 1 is 1.15 bits per heavy atom. The number of benzene rings is 2. The molecule has 0 fully saturated rings. The minimum atomic E-state index is 0.0363. The summed E-state index contributed by atoms with van der Waals surface area (Å²) < 4.78 is 1.05. The zero-order chi connectivity index (χ0) is 14.4. The van der Waals surface area contributed by atoms with E-state index < -0.39 is 0 Å². The van der Waals surface area contributed by atoms with Crippen LogP contribution in [-0.2, 0) is 4.79 Å². The summed E-state index contributed by atoms with van der Waals surface area (Å²) in [5.41, 5.74) is 1.12. The number of hydrogen-bond acceptors (Lipinski definition) is 2. The van der Waals surface area contributed by atoms with Gasteiger partial charge in [-0.1, -0.05) is 46.3 Å². The van der Waals surface area contributed by atoms with Crippen molar-refractivity contribution in [2.45, 2.75) is 17.9 Å². The van der Waals surface area contributed by atoms with E-state index in [1.807, 2.05) is 61.5 Å². The van der Waals surface area contributed by atoms with Crippen LogP contribution in [0.4, 0.5) is 0 Å². The number of hydrogen-bond donors (Lipinski definition) is 1. The van der Waals surface area contributed by atoms with Gasteiger partial charge >= 0.3 is 0 Å². The number of rotatable bonds is 5. The first kappa shape index (κ1) is 15.1. The first-order valence-electron chi connectivity index (χ1n) is 6.38. The number of halogens is 1. The van der Waals surface area contributed by atoms with Crippen molar-refractivity contribution >= 4 is 33.6 Å². The Morgan fingerprint density at radius 2 is 1.80 bits per heavy atom. The van der Waals surface area contributed by atoms with Gasteiger partial charge in [-0.3, -0.25) is 4.79 Å². The van der Waals surface area contributed by atoms with E-state index in [0.717, 1.165) is 14.9 Å². The number of carbonyl (C=O) groups is 1. The van der Waals surface area contributed by atoms with Gasteiger partial charge in [-0.05, 0) is 36.8 Å². The molecule has 1 N–H and O–H groups in total. The lowest BCUT2D eigenvalue weighted by molar-refractivity contribution is -0.119. The van der Waals surface area contributed by atoms with Gasteiger partial charge in [0.2, 0.25) is 5.91 Å². The van der Waals surface area contributed by atoms with Crippen molar-refractivity contribution in [1.82, 2.24) is 5.32 Å². The van der Waals surface area contributed by atoms with E-state index in [0.29, 0.717) is 5.75 Å². The summed E-state index contributed by atoms with van der Waals surface area (Å²) >= 11 is 4.94. The molecule has 0 radical (unpaired) electrons. The summed E-state index contributed by atoms with van der Waals surface area (Å²) in [4.78, 5) is 13.0. The minimum Gasteiger partial charge on any atom is -0.349 e. The highest BCUT2D eigenvalue weighted by Gasteiger charge is 2.09. The maximum Gasteiger partial charge on any atom is 0.230 e. The Hall–Kier alpha value is -1.26. The summed E-state index contributed by atoms with van der Waals surface area (Å²) in [5, 5.41) is 3.01. The molecule has 0 aromatic heterocycles. The van der Waals surface area contributed by atoms with E-state index in [2.05, 4.69) is 21.2 Å². The Balaban J connectivity index is 1.82. The third-order valence-corrected chi connectivity index (χ3v) is 4.40. The van der Waals surface area contributed by atoms with E-state index in [4.69, 9.17) is 0 Å². The van der Waals surface area contributed by atoms with E-state index in [-0.39, 0.29) is 11.9 Å². The van der Waals surface area contributed by atoms with Crippen molar-refractivity contribution in [3.63, 3.8) is 0 Å². The lowest BCUT2D eigenvalue weighted by Gasteiger charge is -2.14. The third-order valence-electron chi connectivity index (χ3n) is 2.86. The molecule has 0 bridgehead atoms. The molecule has 20 heavy (non-hydrogen) atoms. The highest BCUT2D eigenvalue weighted by molar-refractivity contribution is 9.10. The fourth-order valence-corrected chi connectivity index (χ4v) is 2.76. The molecule has 2 aromatic rings. The molecular formula is C16H16BrNOS. The third kappa shape index (κ3) is 4.69. The quantitative estimate of drug-likeness (QED) is 0.809. The van der Waals surface area contributed by atoms with E-state index in [1.165, 1.54) is 0 Å². The molecule has 2 aromatic carbocycles. The summed E-state index contributed by atoms with van der Waals surface area (Å²) in [6.45, 7) is 2.00. The molecule has 0 aliphatic heterocycles. The first-order chi connectivity index (χ1) is 9.65. The molecule has 0 aliphatic rings. The van der Waals surface area contributed by atoms with Crippen LogP contribution in [0.3, 0.4) is 0 Å². The Morgan fingerprint density at radius 3 is 2.45 bits per heavy atom. The van der Waals surface area contributed by atoms with Crippen LogP contribution in [0.1, 0.15) is 18.5 Å². The van der Waals surface area contributed by atoms with Crippen LogP contribution in [-0.4, -0.2) is 11.7 Å². The number of carbonyl (C=O) groups excluding carboxylic acids is 1. The maximum atomic E-state index is 11.9. The van der Waals surface area contributed by atoms with Crippen LogP contribution in [0.15, 0.2) is 64.0 Å². The lowest BCUT2D eigenvalue weighted by Crippen LogP contribution is -2.28. The molecule has 2 rings (SSSR count). The van der Waals surface area contributed by atoms with E-state index >= 15 is 0 Å². The van der Waals surface area contributed by atoms with Crippen molar-refractivity contribution in [2.75, 3.05) is 5.75 Å². The van der Waals surface area contributed by atoms with Crippen molar-refractivity contribution in [3.8, 4) is 0 Å². The predicted molar refractivity (Wildman–Crippen MR) is 87.9 cm³/mol. The Labute approximate surface area is 132 Å². The SMILES string of the molecule is C[C@H](NC(=O)CSc1ccc(Br)cc1)c1ccccc1. The lowest BCUT2D eigenvalue weighted by atomic mass is 10.1. The van der Waals surface area contributed by atoms with Gasteiger partial charge in [-0.15, -0.1) is 11.8 Å². The number of thioether (sulfide) groups is 1. The summed E-state index contributed by atoms with van der Waals surface area (Å²) in [7, 11) is 0.